The average molecular weight is 333 g/mol. The van der Waals surface area contributed by atoms with Crippen molar-refractivity contribution in [1.82, 2.24) is 15.0 Å². The van der Waals surface area contributed by atoms with Crippen molar-refractivity contribution in [2.45, 2.75) is 6.92 Å². The van der Waals surface area contributed by atoms with Gasteiger partial charge < -0.3 is 10.1 Å². The third kappa shape index (κ3) is 2.59. The maximum Gasteiger partial charge on any atom is 0.145 e. The van der Waals surface area contributed by atoms with Gasteiger partial charge in [-0.2, -0.15) is 0 Å². The molecule has 0 radical (unpaired) electrons. The molecular weight excluding hydrogens is 318 g/mol. The highest BCUT2D eigenvalue weighted by atomic mass is 32.1. The molecule has 0 aliphatic carbocycles. The molecule has 2 aromatic carbocycles. The summed E-state index contributed by atoms with van der Waals surface area (Å²) in [6.07, 6.45) is 0. The van der Waals surface area contributed by atoms with E-state index in [0.717, 1.165) is 27.3 Å². The van der Waals surface area contributed by atoms with Crippen LogP contribution in [0.2, 0.25) is 0 Å². The van der Waals surface area contributed by atoms with Crippen LogP contribution in [-0.4, -0.2) is 20.1 Å². The number of aromatic amines is 1. The van der Waals surface area contributed by atoms with Gasteiger partial charge in [0, 0.05) is 16.6 Å². The van der Waals surface area contributed by atoms with Crippen LogP contribution in [0.15, 0.2) is 60.0 Å². The minimum Gasteiger partial charge on any atom is -0.506 e. The summed E-state index contributed by atoms with van der Waals surface area (Å²) in [5, 5.41) is 13.6. The number of fused-ring (bicyclic) bond motifs is 1. The lowest BCUT2D eigenvalue weighted by Gasteiger charge is -2.06. The second-order valence-corrected chi connectivity index (χ2v) is 6.34. The standard InChI is InChI=1S/C19H15N3OS/c1-12-11-24-19(20-12)16(17(23)13-7-3-2-4-8-13)18-21-14-9-5-6-10-15(14)22-18/h2-11,23H,1H3,(H,21,22). The minimum absolute atomic E-state index is 0.170. The molecule has 0 saturated heterocycles. The highest BCUT2D eigenvalue weighted by Gasteiger charge is 2.19. The number of aliphatic hydroxyl groups excluding tert-OH is 1. The topological polar surface area (TPSA) is 61.8 Å². The van der Waals surface area contributed by atoms with Crippen LogP contribution in [0, 0.1) is 6.92 Å². The van der Waals surface area contributed by atoms with E-state index in [0.29, 0.717) is 11.4 Å². The van der Waals surface area contributed by atoms with Crippen molar-refractivity contribution in [3.8, 4) is 0 Å². The van der Waals surface area contributed by atoms with Gasteiger partial charge in [0.05, 0.1) is 16.6 Å². The Morgan fingerprint density at radius 3 is 2.46 bits per heavy atom. The van der Waals surface area contributed by atoms with Gasteiger partial charge in [-0.15, -0.1) is 11.3 Å². The Labute approximate surface area is 143 Å². The minimum atomic E-state index is 0.170. The van der Waals surface area contributed by atoms with Crippen LogP contribution in [0.5, 0.6) is 0 Å². The fraction of sp³-hybridized carbons (Fsp3) is 0.0526. The molecule has 0 fully saturated rings. The molecule has 0 aliphatic rings. The predicted molar refractivity (Wildman–Crippen MR) is 97.9 cm³/mol. The normalized spacial score (nSPS) is 12.4. The molecule has 0 atom stereocenters. The zero-order chi connectivity index (χ0) is 16.5. The van der Waals surface area contributed by atoms with E-state index in [9.17, 15) is 5.11 Å². The summed E-state index contributed by atoms with van der Waals surface area (Å²) in [4.78, 5) is 12.5. The van der Waals surface area contributed by atoms with Crippen molar-refractivity contribution in [2.24, 2.45) is 0 Å². The lowest BCUT2D eigenvalue weighted by atomic mass is 10.1. The Balaban J connectivity index is 1.97. The molecule has 2 N–H and O–H groups in total. The highest BCUT2D eigenvalue weighted by molar-refractivity contribution is 7.11. The van der Waals surface area contributed by atoms with E-state index in [4.69, 9.17) is 0 Å². The SMILES string of the molecule is Cc1csc(C(=C(O)c2ccccc2)c2nc3ccccc3[nH]2)n1. The average Bonchev–Trinajstić information content (AvgIpc) is 3.22. The van der Waals surface area contributed by atoms with Crippen LogP contribution in [0.25, 0.3) is 22.4 Å². The van der Waals surface area contributed by atoms with Gasteiger partial charge in [-0.05, 0) is 19.1 Å². The monoisotopic (exact) mass is 333 g/mol. The summed E-state index contributed by atoms with van der Waals surface area (Å²) in [5.74, 6) is 0.788. The molecule has 0 spiro atoms. The van der Waals surface area contributed by atoms with E-state index in [2.05, 4.69) is 15.0 Å². The number of hydrogen-bond donors (Lipinski definition) is 2. The van der Waals surface area contributed by atoms with Crippen LogP contribution < -0.4 is 0 Å². The van der Waals surface area contributed by atoms with Crippen molar-refractivity contribution >= 4 is 33.7 Å². The van der Waals surface area contributed by atoms with Crippen molar-refractivity contribution in [3.05, 3.63) is 82.1 Å². The number of nitrogens with zero attached hydrogens (tertiary/aromatic N) is 2. The second kappa shape index (κ2) is 5.94. The molecule has 4 rings (SSSR count). The van der Waals surface area contributed by atoms with Gasteiger partial charge in [0.1, 0.15) is 16.6 Å². The fourth-order valence-corrected chi connectivity index (χ4v) is 3.44. The van der Waals surface area contributed by atoms with Crippen LogP contribution in [0.1, 0.15) is 22.1 Å². The summed E-state index contributed by atoms with van der Waals surface area (Å²) in [7, 11) is 0. The third-order valence-corrected chi connectivity index (χ3v) is 4.72. The number of H-pyrrole nitrogens is 1. The number of aryl methyl sites for hydroxylation is 1. The number of aliphatic hydroxyl groups is 1. The smallest absolute Gasteiger partial charge is 0.145 e. The fourth-order valence-electron chi connectivity index (χ4n) is 2.60. The molecule has 0 unspecified atom stereocenters. The molecule has 2 heterocycles. The molecule has 0 amide bonds. The molecule has 0 aliphatic heterocycles. The lowest BCUT2D eigenvalue weighted by molar-refractivity contribution is 0.513. The number of thiazole rings is 1. The molecule has 24 heavy (non-hydrogen) atoms. The molecular formula is C19H15N3OS. The Bertz CT molecular complexity index is 998. The Hall–Kier alpha value is -2.92. The molecule has 5 heteroatoms. The second-order valence-electron chi connectivity index (χ2n) is 5.49. The molecule has 4 aromatic rings. The van der Waals surface area contributed by atoms with Crippen LogP contribution >= 0.6 is 11.3 Å². The number of imidazole rings is 1. The maximum atomic E-state index is 10.9. The van der Waals surface area contributed by atoms with E-state index >= 15 is 0 Å². The van der Waals surface area contributed by atoms with E-state index in [1.54, 1.807) is 0 Å². The van der Waals surface area contributed by atoms with Gasteiger partial charge in [0.15, 0.2) is 0 Å². The van der Waals surface area contributed by atoms with Gasteiger partial charge in [-0.1, -0.05) is 42.5 Å². The molecule has 118 valence electrons. The van der Waals surface area contributed by atoms with Gasteiger partial charge in [0.2, 0.25) is 0 Å². The van der Waals surface area contributed by atoms with Crippen molar-refractivity contribution in [3.63, 3.8) is 0 Å². The zero-order valence-corrected chi connectivity index (χ0v) is 13.8. The van der Waals surface area contributed by atoms with Gasteiger partial charge in [-0.25, -0.2) is 9.97 Å². The van der Waals surface area contributed by atoms with Crippen LogP contribution in [0.4, 0.5) is 0 Å². The van der Waals surface area contributed by atoms with Gasteiger partial charge in [-0.3, -0.25) is 0 Å². The lowest BCUT2D eigenvalue weighted by Crippen LogP contribution is -1.96. The quantitative estimate of drug-likeness (QED) is 0.529. The molecule has 0 saturated carbocycles. The van der Waals surface area contributed by atoms with Crippen molar-refractivity contribution in [2.75, 3.05) is 0 Å². The van der Waals surface area contributed by atoms with E-state index in [1.807, 2.05) is 66.9 Å². The van der Waals surface area contributed by atoms with Crippen LogP contribution in [-0.2, 0) is 0 Å². The first-order chi connectivity index (χ1) is 11.7. The summed E-state index contributed by atoms with van der Waals surface area (Å²) < 4.78 is 0. The first-order valence-corrected chi connectivity index (χ1v) is 8.46. The Kier molecular flexibility index (Phi) is 3.63. The third-order valence-electron chi connectivity index (χ3n) is 3.74. The Morgan fingerprint density at radius 2 is 1.75 bits per heavy atom. The van der Waals surface area contributed by atoms with E-state index in [1.165, 1.54) is 11.3 Å². The number of para-hydroxylation sites is 2. The number of rotatable bonds is 3. The van der Waals surface area contributed by atoms with Gasteiger partial charge >= 0.3 is 0 Å². The van der Waals surface area contributed by atoms with Gasteiger partial charge in [0.25, 0.3) is 0 Å². The molecule has 2 aromatic heterocycles. The Morgan fingerprint density at radius 1 is 1.00 bits per heavy atom. The first kappa shape index (κ1) is 14.7. The zero-order valence-electron chi connectivity index (χ0n) is 13.0. The first-order valence-electron chi connectivity index (χ1n) is 7.58. The maximum absolute atomic E-state index is 10.9. The molecule has 4 nitrogen and oxygen atoms in total. The summed E-state index contributed by atoms with van der Waals surface area (Å²) >= 11 is 1.50. The largest absolute Gasteiger partial charge is 0.506 e. The van der Waals surface area contributed by atoms with E-state index < -0.39 is 0 Å². The van der Waals surface area contributed by atoms with E-state index in [-0.39, 0.29) is 5.76 Å². The predicted octanol–water partition coefficient (Wildman–Crippen LogP) is 4.80. The van der Waals surface area contributed by atoms with Crippen molar-refractivity contribution in [1.29, 1.82) is 0 Å². The highest BCUT2D eigenvalue weighted by Crippen LogP contribution is 2.32. The van der Waals surface area contributed by atoms with Crippen LogP contribution in [0.3, 0.4) is 0 Å². The number of nitrogens with one attached hydrogen (secondary N) is 1. The molecule has 0 bridgehead atoms. The number of aromatic nitrogens is 3. The van der Waals surface area contributed by atoms with Crippen molar-refractivity contribution < 1.29 is 5.11 Å². The summed E-state index contributed by atoms with van der Waals surface area (Å²) in [6.45, 7) is 1.94. The number of benzene rings is 2. The number of hydrogen-bond acceptors (Lipinski definition) is 4. The summed E-state index contributed by atoms with van der Waals surface area (Å²) in [6, 6.07) is 17.3. The summed E-state index contributed by atoms with van der Waals surface area (Å²) in [5.41, 5.74) is 4.07.